The summed E-state index contributed by atoms with van der Waals surface area (Å²) < 4.78 is 16.9. The van der Waals surface area contributed by atoms with Gasteiger partial charge in [0.2, 0.25) is 0 Å². The van der Waals surface area contributed by atoms with Gasteiger partial charge in [0, 0.05) is 12.1 Å². The summed E-state index contributed by atoms with van der Waals surface area (Å²) in [4.78, 5) is 12.5. The maximum absolute atomic E-state index is 12.5. The smallest absolute Gasteiger partial charge is 0.251 e. The minimum Gasteiger partial charge on any atom is -0.497 e. The molecule has 5 nitrogen and oxygen atoms in total. The number of benzene rings is 2. The third-order valence-corrected chi connectivity index (χ3v) is 4.12. The highest BCUT2D eigenvalue weighted by Gasteiger charge is 2.15. The average molecular weight is 408 g/mol. The lowest BCUT2D eigenvalue weighted by atomic mass is 10.1. The molecule has 0 heterocycles. The second-order valence-electron chi connectivity index (χ2n) is 5.37. The molecule has 0 atom stereocenters. The van der Waals surface area contributed by atoms with Gasteiger partial charge in [0.1, 0.15) is 5.75 Å². The molecule has 2 aromatic rings. The first kappa shape index (κ1) is 19.1. The van der Waals surface area contributed by atoms with E-state index in [-0.39, 0.29) is 5.91 Å². The third-order valence-electron chi connectivity index (χ3n) is 3.53. The number of methoxy groups -OCH3 is 2. The molecule has 0 aliphatic carbocycles. The molecule has 0 aliphatic heterocycles. The monoisotopic (exact) mass is 407 g/mol. The van der Waals surface area contributed by atoms with Crippen LogP contribution in [0.15, 0.2) is 40.9 Å². The highest BCUT2D eigenvalue weighted by atomic mass is 79.9. The molecule has 25 heavy (non-hydrogen) atoms. The van der Waals surface area contributed by atoms with Crippen LogP contribution in [0.4, 0.5) is 0 Å². The summed E-state index contributed by atoms with van der Waals surface area (Å²) >= 11 is 3.45. The average Bonchev–Trinajstić information content (AvgIpc) is 2.64. The third kappa shape index (κ3) is 5.13. The Labute approximate surface area is 156 Å². The first-order valence-electron chi connectivity index (χ1n) is 8.00. The Morgan fingerprint density at radius 2 is 1.96 bits per heavy atom. The lowest BCUT2D eigenvalue weighted by Crippen LogP contribution is -2.23. The fraction of sp³-hybridized carbons (Fsp3) is 0.316. The van der Waals surface area contributed by atoms with Crippen LogP contribution in [0, 0.1) is 0 Å². The second kappa shape index (κ2) is 9.32. The summed E-state index contributed by atoms with van der Waals surface area (Å²) in [5, 5.41) is 2.90. The van der Waals surface area contributed by atoms with Gasteiger partial charge in [0.05, 0.1) is 25.3 Å². The quantitative estimate of drug-likeness (QED) is 0.712. The van der Waals surface area contributed by atoms with Crippen LogP contribution in [-0.2, 0) is 6.54 Å². The van der Waals surface area contributed by atoms with Crippen molar-refractivity contribution in [1.82, 2.24) is 5.32 Å². The van der Waals surface area contributed by atoms with E-state index in [2.05, 4.69) is 21.2 Å². The van der Waals surface area contributed by atoms with Crippen molar-refractivity contribution < 1.29 is 19.0 Å². The second-order valence-corrected chi connectivity index (χ2v) is 6.23. The molecule has 0 saturated carbocycles. The molecule has 0 fully saturated rings. The summed E-state index contributed by atoms with van der Waals surface area (Å²) in [6.07, 6.45) is 0.887. The van der Waals surface area contributed by atoms with Gasteiger partial charge in [0.25, 0.3) is 5.91 Å². The van der Waals surface area contributed by atoms with E-state index in [0.29, 0.717) is 34.7 Å². The summed E-state index contributed by atoms with van der Waals surface area (Å²) in [5.41, 5.74) is 1.46. The zero-order valence-corrected chi connectivity index (χ0v) is 16.2. The SMILES string of the molecule is CCCOc1c(Br)cc(C(=O)NCc2cccc(OC)c2)cc1OC. The predicted octanol–water partition coefficient (Wildman–Crippen LogP) is 4.19. The number of amides is 1. The maximum Gasteiger partial charge on any atom is 0.251 e. The molecule has 134 valence electrons. The number of halogens is 1. The molecule has 0 radical (unpaired) electrons. The number of hydrogen-bond donors (Lipinski definition) is 1. The first-order chi connectivity index (χ1) is 12.1. The van der Waals surface area contributed by atoms with Gasteiger partial charge < -0.3 is 19.5 Å². The highest BCUT2D eigenvalue weighted by molar-refractivity contribution is 9.10. The van der Waals surface area contributed by atoms with E-state index in [1.807, 2.05) is 31.2 Å². The van der Waals surface area contributed by atoms with E-state index >= 15 is 0 Å². The van der Waals surface area contributed by atoms with E-state index in [1.54, 1.807) is 26.4 Å². The van der Waals surface area contributed by atoms with Crippen LogP contribution >= 0.6 is 15.9 Å². The van der Waals surface area contributed by atoms with Crippen LogP contribution in [0.25, 0.3) is 0 Å². The van der Waals surface area contributed by atoms with Gasteiger partial charge in [-0.15, -0.1) is 0 Å². The zero-order valence-electron chi connectivity index (χ0n) is 14.6. The zero-order chi connectivity index (χ0) is 18.2. The number of hydrogen-bond acceptors (Lipinski definition) is 4. The van der Waals surface area contributed by atoms with Crippen LogP contribution in [0.3, 0.4) is 0 Å². The lowest BCUT2D eigenvalue weighted by molar-refractivity contribution is 0.0950. The highest BCUT2D eigenvalue weighted by Crippen LogP contribution is 2.36. The molecule has 1 N–H and O–H groups in total. The van der Waals surface area contributed by atoms with Gasteiger partial charge in [-0.2, -0.15) is 0 Å². The lowest BCUT2D eigenvalue weighted by Gasteiger charge is -2.14. The Kier molecular flexibility index (Phi) is 7.13. The van der Waals surface area contributed by atoms with Crippen LogP contribution in [0.1, 0.15) is 29.3 Å². The number of nitrogens with one attached hydrogen (secondary N) is 1. The fourth-order valence-corrected chi connectivity index (χ4v) is 2.82. The van der Waals surface area contributed by atoms with Crippen molar-refractivity contribution in [2.75, 3.05) is 20.8 Å². The molecule has 0 spiro atoms. The fourth-order valence-electron chi connectivity index (χ4n) is 2.26. The molecule has 0 aliphatic rings. The number of ether oxygens (including phenoxy) is 3. The van der Waals surface area contributed by atoms with Gasteiger partial charge in [0.15, 0.2) is 11.5 Å². The van der Waals surface area contributed by atoms with Gasteiger partial charge in [-0.3, -0.25) is 4.79 Å². The van der Waals surface area contributed by atoms with Gasteiger partial charge in [-0.05, 0) is 52.2 Å². The Morgan fingerprint density at radius 3 is 2.64 bits per heavy atom. The Balaban J connectivity index is 2.11. The molecule has 2 rings (SSSR count). The number of carbonyl (C=O) groups excluding carboxylic acids is 1. The molecular weight excluding hydrogens is 386 g/mol. The van der Waals surface area contributed by atoms with Crippen LogP contribution < -0.4 is 19.5 Å². The summed E-state index contributed by atoms with van der Waals surface area (Å²) in [7, 11) is 3.17. The Morgan fingerprint density at radius 1 is 1.16 bits per heavy atom. The topological polar surface area (TPSA) is 56.8 Å². The standard InChI is InChI=1S/C19H22BrNO4/c1-4-8-25-18-16(20)10-14(11-17(18)24-3)19(22)21-12-13-6-5-7-15(9-13)23-2/h5-7,9-11H,4,8,12H2,1-3H3,(H,21,22). The molecule has 0 aromatic heterocycles. The molecule has 0 unspecified atom stereocenters. The van der Waals surface area contributed by atoms with Gasteiger partial charge >= 0.3 is 0 Å². The Bertz CT molecular complexity index is 733. The van der Waals surface area contributed by atoms with Crippen molar-refractivity contribution >= 4 is 21.8 Å². The number of carbonyl (C=O) groups is 1. The van der Waals surface area contributed by atoms with Crippen molar-refractivity contribution in [3.63, 3.8) is 0 Å². The molecule has 0 bridgehead atoms. The van der Waals surface area contributed by atoms with Crippen LogP contribution in [-0.4, -0.2) is 26.7 Å². The van der Waals surface area contributed by atoms with Gasteiger partial charge in [-0.1, -0.05) is 19.1 Å². The molecule has 6 heteroatoms. The summed E-state index contributed by atoms with van der Waals surface area (Å²) in [6.45, 7) is 3.02. The van der Waals surface area contributed by atoms with Crippen LogP contribution in [0.5, 0.6) is 17.2 Å². The van der Waals surface area contributed by atoms with Crippen molar-refractivity contribution in [2.45, 2.75) is 19.9 Å². The van der Waals surface area contributed by atoms with Crippen molar-refractivity contribution in [2.24, 2.45) is 0 Å². The van der Waals surface area contributed by atoms with Gasteiger partial charge in [-0.25, -0.2) is 0 Å². The van der Waals surface area contributed by atoms with E-state index < -0.39 is 0 Å². The normalized spacial score (nSPS) is 10.2. The van der Waals surface area contributed by atoms with Crippen molar-refractivity contribution in [1.29, 1.82) is 0 Å². The summed E-state index contributed by atoms with van der Waals surface area (Å²) in [6, 6.07) is 11.0. The van der Waals surface area contributed by atoms with E-state index in [9.17, 15) is 4.79 Å². The molecule has 2 aromatic carbocycles. The molecule has 1 amide bonds. The van der Waals surface area contributed by atoms with Crippen LogP contribution in [0.2, 0.25) is 0 Å². The van der Waals surface area contributed by atoms with E-state index in [4.69, 9.17) is 14.2 Å². The number of rotatable bonds is 8. The maximum atomic E-state index is 12.5. The van der Waals surface area contributed by atoms with Crippen molar-refractivity contribution in [3.8, 4) is 17.2 Å². The minimum atomic E-state index is -0.191. The largest absolute Gasteiger partial charge is 0.497 e. The molecule has 0 saturated heterocycles. The Hall–Kier alpha value is -2.21. The van der Waals surface area contributed by atoms with E-state index in [1.165, 1.54) is 0 Å². The van der Waals surface area contributed by atoms with E-state index in [0.717, 1.165) is 17.7 Å². The predicted molar refractivity (Wildman–Crippen MR) is 101 cm³/mol. The first-order valence-corrected chi connectivity index (χ1v) is 8.79. The van der Waals surface area contributed by atoms with Crippen molar-refractivity contribution in [3.05, 3.63) is 52.0 Å². The minimum absolute atomic E-state index is 0.191. The summed E-state index contributed by atoms with van der Waals surface area (Å²) in [5.74, 6) is 1.69. The molecular formula is C19H22BrNO4.